The van der Waals surface area contributed by atoms with E-state index in [-0.39, 0.29) is 34.9 Å². The van der Waals surface area contributed by atoms with E-state index < -0.39 is 11.7 Å². The van der Waals surface area contributed by atoms with E-state index in [9.17, 15) is 18.0 Å². The Bertz CT molecular complexity index is 955. The van der Waals surface area contributed by atoms with Gasteiger partial charge in [-0.2, -0.15) is 18.4 Å². The summed E-state index contributed by atoms with van der Waals surface area (Å²) in [4.78, 5) is 15.4. The van der Waals surface area contributed by atoms with E-state index in [1.807, 2.05) is 18.2 Å². The Kier molecular flexibility index (Phi) is 5.63. The minimum Gasteiger partial charge on any atom is -0.378 e. The van der Waals surface area contributed by atoms with Gasteiger partial charge in [0.1, 0.15) is 0 Å². The zero-order valence-electron chi connectivity index (χ0n) is 16.2. The molecule has 0 saturated carbocycles. The van der Waals surface area contributed by atoms with Crippen molar-refractivity contribution in [3.8, 4) is 6.07 Å². The number of halogens is 3. The summed E-state index contributed by atoms with van der Waals surface area (Å²) in [5.41, 5.74) is 0.0192. The second-order valence-corrected chi connectivity index (χ2v) is 7.94. The van der Waals surface area contributed by atoms with Gasteiger partial charge in [0.25, 0.3) is 0 Å². The Morgan fingerprint density at radius 1 is 1.10 bits per heavy atom. The molecule has 4 nitrogen and oxygen atoms in total. The van der Waals surface area contributed by atoms with Gasteiger partial charge >= 0.3 is 6.18 Å². The number of carbonyl (C=O) groups excluding carboxylic acids is 1. The first-order valence-corrected chi connectivity index (χ1v) is 9.89. The summed E-state index contributed by atoms with van der Waals surface area (Å²) in [6.45, 7) is 1.75. The molecule has 2 aromatic rings. The predicted octanol–water partition coefficient (Wildman–Crippen LogP) is 4.44. The number of Topliss-reactive ketones (excluding diaryl/α,β-unsaturated/α-hetero) is 1. The lowest BCUT2D eigenvalue weighted by molar-refractivity contribution is -0.137. The first-order chi connectivity index (χ1) is 14.3. The Morgan fingerprint density at radius 3 is 2.37 bits per heavy atom. The number of ketones is 1. The fourth-order valence-electron chi connectivity index (χ4n) is 4.49. The maximum Gasteiger partial charge on any atom is 0.416 e. The van der Waals surface area contributed by atoms with Gasteiger partial charge in [0.15, 0.2) is 5.78 Å². The van der Waals surface area contributed by atoms with Crippen molar-refractivity contribution < 1.29 is 22.7 Å². The third-order valence-electron chi connectivity index (χ3n) is 5.92. The third-order valence-corrected chi connectivity index (χ3v) is 5.92. The second kappa shape index (κ2) is 8.21. The smallest absolute Gasteiger partial charge is 0.378 e. The minimum absolute atomic E-state index is 0.0351. The van der Waals surface area contributed by atoms with E-state index in [4.69, 9.17) is 10.00 Å². The molecule has 0 spiro atoms. The number of nitrogens with zero attached hydrogens (tertiary/aromatic N) is 2. The van der Waals surface area contributed by atoms with Crippen LogP contribution in [0.3, 0.4) is 0 Å². The number of alkyl halides is 3. The molecule has 0 N–H and O–H groups in total. The van der Waals surface area contributed by atoms with Gasteiger partial charge in [0.05, 0.1) is 30.4 Å². The fourth-order valence-corrected chi connectivity index (χ4v) is 4.49. The van der Waals surface area contributed by atoms with Crippen molar-refractivity contribution >= 4 is 5.78 Å². The van der Waals surface area contributed by atoms with E-state index in [2.05, 4.69) is 17.0 Å². The normalized spacial score (nSPS) is 24.3. The summed E-state index contributed by atoms with van der Waals surface area (Å²) in [6.07, 6.45) is -3.55. The van der Waals surface area contributed by atoms with Gasteiger partial charge in [0.2, 0.25) is 0 Å². The number of nitriles is 1. The highest BCUT2D eigenvalue weighted by molar-refractivity contribution is 5.98. The molecule has 2 fully saturated rings. The van der Waals surface area contributed by atoms with Crippen LogP contribution in [0.5, 0.6) is 0 Å². The first kappa shape index (κ1) is 20.6. The van der Waals surface area contributed by atoms with Crippen LogP contribution in [0.2, 0.25) is 0 Å². The molecule has 4 rings (SSSR count). The zero-order chi connectivity index (χ0) is 21.3. The maximum absolute atomic E-state index is 13.2. The van der Waals surface area contributed by atoms with E-state index in [0.717, 1.165) is 18.7 Å². The summed E-state index contributed by atoms with van der Waals surface area (Å²) in [5, 5.41) is 9.10. The summed E-state index contributed by atoms with van der Waals surface area (Å²) in [5.74, 6) is -0.709. The number of benzene rings is 2. The molecule has 0 amide bonds. The van der Waals surface area contributed by atoms with Gasteiger partial charge < -0.3 is 4.74 Å². The van der Waals surface area contributed by atoms with Gasteiger partial charge in [-0.25, -0.2) is 0 Å². The summed E-state index contributed by atoms with van der Waals surface area (Å²) in [6, 6.07) is 14.8. The molecule has 2 unspecified atom stereocenters. The number of fused-ring (bicyclic) bond motifs is 2. The third kappa shape index (κ3) is 4.25. The topological polar surface area (TPSA) is 53.3 Å². The molecule has 2 aromatic carbocycles. The van der Waals surface area contributed by atoms with E-state index in [1.54, 1.807) is 6.07 Å². The molecule has 2 heterocycles. The lowest BCUT2D eigenvalue weighted by Crippen LogP contribution is -2.57. The number of hydrogen-bond donors (Lipinski definition) is 0. The predicted molar refractivity (Wildman–Crippen MR) is 104 cm³/mol. The summed E-state index contributed by atoms with van der Waals surface area (Å²) in [7, 11) is 0. The molecule has 0 aliphatic carbocycles. The van der Waals surface area contributed by atoms with Crippen LogP contribution in [0.25, 0.3) is 0 Å². The average Bonchev–Trinajstić information content (AvgIpc) is 2.72. The van der Waals surface area contributed by atoms with Crippen LogP contribution < -0.4 is 0 Å². The van der Waals surface area contributed by atoms with Crippen molar-refractivity contribution in [2.75, 3.05) is 13.2 Å². The van der Waals surface area contributed by atoms with Gasteiger partial charge in [0, 0.05) is 30.1 Å². The second-order valence-electron chi connectivity index (χ2n) is 7.94. The molecule has 2 saturated heterocycles. The van der Waals surface area contributed by atoms with Crippen molar-refractivity contribution in [3.63, 3.8) is 0 Å². The summed E-state index contributed by atoms with van der Waals surface area (Å²) < 4.78 is 45.3. The number of morpholine rings is 1. The molecular weight excluding hydrogens is 393 g/mol. The van der Waals surface area contributed by atoms with E-state index >= 15 is 0 Å². The fraction of sp³-hybridized carbons (Fsp3) is 0.391. The van der Waals surface area contributed by atoms with Crippen LogP contribution in [0.1, 0.15) is 39.9 Å². The molecule has 156 valence electrons. The van der Waals surface area contributed by atoms with Crippen LogP contribution in [0.15, 0.2) is 48.5 Å². The van der Waals surface area contributed by atoms with Gasteiger partial charge in [-0.1, -0.05) is 30.3 Å². The van der Waals surface area contributed by atoms with Crippen molar-refractivity contribution in [1.29, 1.82) is 5.26 Å². The van der Waals surface area contributed by atoms with Crippen molar-refractivity contribution in [2.24, 2.45) is 5.92 Å². The highest BCUT2D eigenvalue weighted by Gasteiger charge is 2.42. The standard InChI is InChI=1S/C23H21F3N2O2/c24-23(25,26)19-7-16(11-27)6-17(8-19)22(29)18-9-20-13-30-14-21(10-18)28(20)12-15-4-2-1-3-5-15/h1-8,18,20-21H,9-10,12-14H2. The quantitative estimate of drug-likeness (QED) is 0.694. The lowest BCUT2D eigenvalue weighted by atomic mass is 9.80. The zero-order valence-corrected chi connectivity index (χ0v) is 16.2. The van der Waals surface area contributed by atoms with Crippen molar-refractivity contribution in [2.45, 2.75) is 37.6 Å². The Balaban J connectivity index is 1.55. The number of piperidine rings is 1. The van der Waals surface area contributed by atoms with Gasteiger partial charge in [-0.05, 0) is 36.6 Å². The highest BCUT2D eigenvalue weighted by atomic mass is 19.4. The molecule has 2 aliphatic heterocycles. The van der Waals surface area contributed by atoms with Crippen LogP contribution in [-0.2, 0) is 17.5 Å². The molecule has 2 atom stereocenters. The average molecular weight is 414 g/mol. The molecule has 30 heavy (non-hydrogen) atoms. The number of hydrogen-bond acceptors (Lipinski definition) is 4. The Labute approximate surface area is 172 Å². The molecule has 2 aliphatic rings. The van der Waals surface area contributed by atoms with Crippen molar-refractivity contribution in [1.82, 2.24) is 4.90 Å². The molecule has 7 heteroatoms. The summed E-state index contributed by atoms with van der Waals surface area (Å²) >= 11 is 0. The van der Waals surface area contributed by atoms with Crippen LogP contribution >= 0.6 is 0 Å². The number of carbonyl (C=O) groups is 1. The van der Waals surface area contributed by atoms with Crippen LogP contribution in [0, 0.1) is 17.2 Å². The molecule has 0 radical (unpaired) electrons. The number of rotatable bonds is 4. The first-order valence-electron chi connectivity index (χ1n) is 9.89. The van der Waals surface area contributed by atoms with E-state index in [1.165, 1.54) is 11.6 Å². The van der Waals surface area contributed by atoms with Crippen LogP contribution in [0.4, 0.5) is 13.2 Å². The maximum atomic E-state index is 13.2. The number of ether oxygens (including phenoxy) is 1. The van der Waals surface area contributed by atoms with Crippen molar-refractivity contribution in [3.05, 3.63) is 70.8 Å². The van der Waals surface area contributed by atoms with Gasteiger partial charge in [-0.3, -0.25) is 9.69 Å². The van der Waals surface area contributed by atoms with Crippen LogP contribution in [-0.4, -0.2) is 36.0 Å². The molecule has 2 bridgehead atoms. The Morgan fingerprint density at radius 2 is 1.77 bits per heavy atom. The SMILES string of the molecule is N#Cc1cc(C(=O)C2CC3COCC(C2)N3Cc2ccccc2)cc(C(F)(F)F)c1. The lowest BCUT2D eigenvalue weighted by Gasteiger charge is -2.48. The molecular formula is C23H21F3N2O2. The van der Waals surface area contributed by atoms with E-state index in [0.29, 0.717) is 26.1 Å². The monoisotopic (exact) mass is 414 g/mol. The minimum atomic E-state index is -4.61. The Hall–Kier alpha value is -2.69. The van der Waals surface area contributed by atoms with Gasteiger partial charge in [-0.15, -0.1) is 0 Å². The highest BCUT2D eigenvalue weighted by Crippen LogP contribution is 2.36. The molecule has 0 aromatic heterocycles. The largest absolute Gasteiger partial charge is 0.416 e.